The molecule has 0 saturated carbocycles. The third kappa shape index (κ3) is 4.16. The van der Waals surface area contributed by atoms with Gasteiger partial charge in [-0.15, -0.1) is 19.0 Å². The summed E-state index contributed by atoms with van der Waals surface area (Å²) in [5.74, 6) is 0. The van der Waals surface area contributed by atoms with Gasteiger partial charge in [0.25, 0.3) is 0 Å². The van der Waals surface area contributed by atoms with E-state index in [4.69, 9.17) is 11.0 Å². The molecule has 0 saturated heterocycles. The summed E-state index contributed by atoms with van der Waals surface area (Å²) in [6.07, 6.45) is 3.68. The van der Waals surface area contributed by atoms with Crippen LogP contribution in [0.15, 0.2) is 36.9 Å². The van der Waals surface area contributed by atoms with E-state index in [-0.39, 0.29) is 18.4 Å². The number of halogens is 1. The molecular weight excluding hydrogens is 208 g/mol. The lowest BCUT2D eigenvalue weighted by molar-refractivity contribution is 0.661. The fraction of sp³-hybridized carbons (Fsp3) is 0.250. The Morgan fingerprint density at radius 2 is 2.00 bits per heavy atom. The van der Waals surface area contributed by atoms with E-state index in [1.165, 1.54) is 0 Å². The van der Waals surface area contributed by atoms with E-state index in [1.54, 1.807) is 12.1 Å². The second-order valence-electron chi connectivity index (χ2n) is 3.21. The van der Waals surface area contributed by atoms with E-state index >= 15 is 0 Å². The molecule has 0 aliphatic rings. The Morgan fingerprint density at radius 3 is 2.47 bits per heavy atom. The number of nitrogens with zero attached hydrogens (tertiary/aromatic N) is 1. The Kier molecular flexibility index (Phi) is 6.44. The van der Waals surface area contributed by atoms with Crippen LogP contribution in [0.4, 0.5) is 0 Å². The summed E-state index contributed by atoms with van der Waals surface area (Å²) in [6, 6.07) is 9.53. The first kappa shape index (κ1) is 13.7. The normalized spacial score (nSPS) is 10.9. The molecule has 0 aromatic heterocycles. The van der Waals surface area contributed by atoms with Gasteiger partial charge in [0.2, 0.25) is 0 Å². The van der Waals surface area contributed by atoms with Gasteiger partial charge in [-0.25, -0.2) is 0 Å². The van der Waals surface area contributed by atoms with Crippen LogP contribution in [0.3, 0.4) is 0 Å². The Balaban J connectivity index is 0.00000196. The number of allylic oxidation sites excluding steroid dienone is 1. The average molecular weight is 223 g/mol. The van der Waals surface area contributed by atoms with Crippen LogP contribution in [0, 0.1) is 11.3 Å². The molecular formula is C12H15ClN2. The second-order valence-corrected chi connectivity index (χ2v) is 3.21. The summed E-state index contributed by atoms with van der Waals surface area (Å²) in [5, 5.41) is 8.61. The highest BCUT2D eigenvalue weighted by atomic mass is 35.5. The van der Waals surface area contributed by atoms with Crippen molar-refractivity contribution in [1.29, 1.82) is 5.26 Å². The van der Waals surface area contributed by atoms with Crippen molar-refractivity contribution in [3.8, 4) is 6.07 Å². The summed E-state index contributed by atoms with van der Waals surface area (Å²) in [7, 11) is 0. The van der Waals surface area contributed by atoms with E-state index in [2.05, 4.69) is 12.6 Å². The smallest absolute Gasteiger partial charge is 0.0991 e. The van der Waals surface area contributed by atoms with E-state index in [9.17, 15) is 0 Å². The Morgan fingerprint density at radius 1 is 1.40 bits per heavy atom. The molecule has 1 rings (SSSR count). The molecule has 1 aromatic rings. The van der Waals surface area contributed by atoms with Crippen LogP contribution in [0.2, 0.25) is 0 Å². The minimum absolute atomic E-state index is 0. The first-order chi connectivity index (χ1) is 6.77. The average Bonchev–Trinajstić information content (AvgIpc) is 2.26. The van der Waals surface area contributed by atoms with Crippen LogP contribution in [0.1, 0.15) is 30.0 Å². The molecule has 0 heterocycles. The maximum Gasteiger partial charge on any atom is 0.0991 e. The monoisotopic (exact) mass is 222 g/mol. The number of hydrogen-bond donors (Lipinski definition) is 1. The van der Waals surface area contributed by atoms with Crippen molar-refractivity contribution in [2.24, 2.45) is 5.73 Å². The molecule has 0 bridgehead atoms. The topological polar surface area (TPSA) is 49.8 Å². The van der Waals surface area contributed by atoms with Crippen molar-refractivity contribution < 1.29 is 0 Å². The highest BCUT2D eigenvalue weighted by molar-refractivity contribution is 5.85. The Labute approximate surface area is 96.8 Å². The highest BCUT2D eigenvalue weighted by Gasteiger charge is 2.03. The fourth-order valence-corrected chi connectivity index (χ4v) is 1.27. The molecule has 0 fully saturated rings. The minimum Gasteiger partial charge on any atom is -0.324 e. The van der Waals surface area contributed by atoms with Crippen LogP contribution in [0.5, 0.6) is 0 Å². The predicted octanol–water partition coefficient (Wildman–Crippen LogP) is 2.95. The van der Waals surface area contributed by atoms with Crippen LogP contribution in [-0.2, 0) is 0 Å². The zero-order valence-electron chi connectivity index (χ0n) is 8.52. The number of hydrogen-bond acceptors (Lipinski definition) is 2. The largest absolute Gasteiger partial charge is 0.324 e. The molecule has 1 aromatic carbocycles. The van der Waals surface area contributed by atoms with Crippen LogP contribution >= 0.6 is 12.4 Å². The minimum atomic E-state index is 0. The van der Waals surface area contributed by atoms with Crippen LogP contribution < -0.4 is 5.73 Å². The lowest BCUT2D eigenvalue weighted by Crippen LogP contribution is -2.09. The van der Waals surface area contributed by atoms with Crippen LogP contribution in [-0.4, -0.2) is 0 Å². The number of nitriles is 1. The second kappa shape index (κ2) is 7.05. The third-order valence-corrected chi connectivity index (χ3v) is 2.15. The summed E-state index contributed by atoms with van der Waals surface area (Å²) in [6.45, 7) is 3.66. The molecule has 0 spiro atoms. The summed E-state index contributed by atoms with van der Waals surface area (Å²) in [4.78, 5) is 0. The molecule has 2 N–H and O–H groups in total. The lowest BCUT2D eigenvalue weighted by Gasteiger charge is -2.10. The molecule has 15 heavy (non-hydrogen) atoms. The zero-order valence-corrected chi connectivity index (χ0v) is 9.33. The summed E-state index contributed by atoms with van der Waals surface area (Å²) >= 11 is 0. The molecule has 2 nitrogen and oxygen atoms in total. The summed E-state index contributed by atoms with van der Waals surface area (Å²) < 4.78 is 0. The number of rotatable bonds is 4. The molecule has 0 unspecified atom stereocenters. The van der Waals surface area contributed by atoms with Gasteiger partial charge in [0.15, 0.2) is 0 Å². The van der Waals surface area contributed by atoms with Crippen molar-refractivity contribution in [3.63, 3.8) is 0 Å². The van der Waals surface area contributed by atoms with Gasteiger partial charge in [-0.2, -0.15) is 5.26 Å². The SMILES string of the molecule is C=CCC[C@H](N)c1ccc(C#N)cc1.Cl. The molecule has 3 heteroatoms. The molecule has 80 valence electrons. The van der Waals surface area contributed by atoms with Gasteiger partial charge < -0.3 is 5.73 Å². The quantitative estimate of drug-likeness (QED) is 0.797. The highest BCUT2D eigenvalue weighted by Crippen LogP contribution is 2.16. The molecule has 0 aliphatic carbocycles. The van der Waals surface area contributed by atoms with Gasteiger partial charge >= 0.3 is 0 Å². The van der Waals surface area contributed by atoms with E-state index in [0.29, 0.717) is 5.56 Å². The van der Waals surface area contributed by atoms with Gasteiger partial charge in [0.05, 0.1) is 11.6 Å². The number of benzene rings is 1. The summed E-state index contributed by atoms with van der Waals surface area (Å²) in [5.41, 5.74) is 7.69. The van der Waals surface area contributed by atoms with Crippen molar-refractivity contribution in [3.05, 3.63) is 48.0 Å². The van der Waals surface area contributed by atoms with Gasteiger partial charge in [-0.3, -0.25) is 0 Å². The zero-order chi connectivity index (χ0) is 10.4. The maximum atomic E-state index is 8.61. The third-order valence-electron chi connectivity index (χ3n) is 2.15. The first-order valence-corrected chi connectivity index (χ1v) is 4.64. The van der Waals surface area contributed by atoms with Crippen LogP contribution in [0.25, 0.3) is 0 Å². The Hall–Kier alpha value is -1.30. The van der Waals surface area contributed by atoms with Gasteiger partial charge in [-0.05, 0) is 30.5 Å². The maximum absolute atomic E-state index is 8.61. The molecule has 0 aliphatic heterocycles. The fourth-order valence-electron chi connectivity index (χ4n) is 1.27. The van der Waals surface area contributed by atoms with E-state index in [0.717, 1.165) is 18.4 Å². The van der Waals surface area contributed by atoms with Crippen molar-refractivity contribution >= 4 is 12.4 Å². The van der Waals surface area contributed by atoms with Gasteiger partial charge in [0, 0.05) is 6.04 Å². The molecule has 1 atom stereocenters. The number of nitrogens with two attached hydrogens (primary N) is 1. The van der Waals surface area contributed by atoms with E-state index < -0.39 is 0 Å². The van der Waals surface area contributed by atoms with Crippen molar-refractivity contribution in [1.82, 2.24) is 0 Å². The van der Waals surface area contributed by atoms with Gasteiger partial charge in [0.1, 0.15) is 0 Å². The molecule has 0 amide bonds. The molecule has 0 radical (unpaired) electrons. The van der Waals surface area contributed by atoms with E-state index in [1.807, 2.05) is 18.2 Å². The Bertz CT molecular complexity index is 338. The van der Waals surface area contributed by atoms with Gasteiger partial charge in [-0.1, -0.05) is 18.2 Å². The standard InChI is InChI=1S/C12H14N2.ClH/c1-2-3-4-12(14)11-7-5-10(9-13)6-8-11;/h2,5-8,12H,1,3-4,14H2;1H/t12-;/m0./s1. The first-order valence-electron chi connectivity index (χ1n) is 4.64. The van der Waals surface area contributed by atoms with Crippen molar-refractivity contribution in [2.75, 3.05) is 0 Å². The predicted molar refractivity (Wildman–Crippen MR) is 64.8 cm³/mol. The van der Waals surface area contributed by atoms with Crippen molar-refractivity contribution in [2.45, 2.75) is 18.9 Å². The lowest BCUT2D eigenvalue weighted by atomic mass is 10.0.